The van der Waals surface area contributed by atoms with Gasteiger partial charge in [-0.1, -0.05) is 72.8 Å². The number of fused-ring (bicyclic) bond motifs is 1. The lowest BCUT2D eigenvalue weighted by molar-refractivity contribution is -0.140. The van der Waals surface area contributed by atoms with Crippen LogP contribution in [-0.4, -0.2) is 27.8 Å². The highest BCUT2D eigenvalue weighted by Gasteiger charge is 2.46. The summed E-state index contributed by atoms with van der Waals surface area (Å²) in [7, 11) is 0. The number of ether oxygens (including phenoxy) is 2. The highest BCUT2D eigenvalue weighted by molar-refractivity contribution is 6.46. The molecule has 4 aromatic carbocycles. The molecule has 200 valence electrons. The molecule has 0 aliphatic carbocycles. The van der Waals surface area contributed by atoms with Crippen LogP contribution in [0.15, 0.2) is 109 Å². The Morgan fingerprint density at radius 1 is 0.900 bits per heavy atom. The number of hydrogen-bond donors (Lipinski definition) is 1. The molecule has 1 amide bonds. The van der Waals surface area contributed by atoms with Gasteiger partial charge in [0.15, 0.2) is 0 Å². The molecule has 0 spiro atoms. The third-order valence-corrected chi connectivity index (χ3v) is 7.35. The Balaban J connectivity index is 1.37. The van der Waals surface area contributed by atoms with Crippen molar-refractivity contribution in [3.05, 3.63) is 137 Å². The van der Waals surface area contributed by atoms with Gasteiger partial charge < -0.3 is 19.5 Å². The first-order chi connectivity index (χ1) is 19.5. The largest absolute Gasteiger partial charge is 0.507 e. The molecular formula is C34H29NO5. The van der Waals surface area contributed by atoms with Crippen LogP contribution in [0.2, 0.25) is 0 Å². The average molecular weight is 532 g/mol. The van der Waals surface area contributed by atoms with Crippen LogP contribution in [0.4, 0.5) is 0 Å². The Kier molecular flexibility index (Phi) is 6.83. The Morgan fingerprint density at radius 3 is 2.27 bits per heavy atom. The summed E-state index contributed by atoms with van der Waals surface area (Å²) in [5.41, 5.74) is 4.18. The zero-order valence-electron chi connectivity index (χ0n) is 22.1. The zero-order valence-corrected chi connectivity index (χ0v) is 22.1. The standard InChI is InChI=1S/C34H29NO5/c1-22-18-27-19-26(14-17-29(27)40-22)32(36)30-31(35(34(38)33(30)37)20-23-8-4-2-5-9-23)25-12-15-28(16-13-25)39-21-24-10-6-3-7-11-24/h2-17,19,22,31,36H,18,20-21H2,1H3/b32-30+/t22-,31+/m0/s1. The van der Waals surface area contributed by atoms with Gasteiger partial charge in [0.05, 0.1) is 11.6 Å². The van der Waals surface area contributed by atoms with Gasteiger partial charge in [-0.15, -0.1) is 0 Å². The topological polar surface area (TPSA) is 76.1 Å². The molecule has 0 bridgehead atoms. The van der Waals surface area contributed by atoms with Crippen LogP contribution < -0.4 is 9.47 Å². The van der Waals surface area contributed by atoms with Crippen LogP contribution in [-0.2, 0) is 29.2 Å². The van der Waals surface area contributed by atoms with Gasteiger partial charge >= 0.3 is 0 Å². The fraction of sp³-hybridized carbons (Fsp3) is 0.176. The van der Waals surface area contributed by atoms with E-state index in [0.717, 1.165) is 22.4 Å². The fourth-order valence-corrected chi connectivity index (χ4v) is 5.38. The minimum absolute atomic E-state index is 0.0477. The van der Waals surface area contributed by atoms with E-state index in [1.165, 1.54) is 4.90 Å². The fourth-order valence-electron chi connectivity index (χ4n) is 5.38. The van der Waals surface area contributed by atoms with Crippen molar-refractivity contribution in [2.24, 2.45) is 0 Å². The van der Waals surface area contributed by atoms with Gasteiger partial charge in [-0.25, -0.2) is 0 Å². The molecular weight excluding hydrogens is 502 g/mol. The van der Waals surface area contributed by atoms with Gasteiger partial charge in [0.2, 0.25) is 0 Å². The number of aliphatic hydroxyl groups excluding tert-OH is 1. The predicted molar refractivity (Wildman–Crippen MR) is 152 cm³/mol. The van der Waals surface area contributed by atoms with E-state index in [0.29, 0.717) is 29.9 Å². The van der Waals surface area contributed by atoms with E-state index in [2.05, 4.69) is 0 Å². The molecule has 0 saturated carbocycles. The number of rotatable bonds is 7. The molecule has 2 heterocycles. The van der Waals surface area contributed by atoms with E-state index in [9.17, 15) is 14.7 Å². The van der Waals surface area contributed by atoms with Crippen LogP contribution in [0.3, 0.4) is 0 Å². The maximum absolute atomic E-state index is 13.5. The van der Waals surface area contributed by atoms with E-state index in [1.54, 1.807) is 6.07 Å². The number of aliphatic hydroxyl groups is 1. The SMILES string of the molecule is C[C@H]1Cc2cc(/C(O)=C3\C(=O)C(=O)N(Cc4ccccc4)[C@@H]3c3ccc(OCc4ccccc4)cc3)ccc2O1. The summed E-state index contributed by atoms with van der Waals surface area (Å²) in [5.74, 6) is -0.0897. The molecule has 1 fully saturated rings. The highest BCUT2D eigenvalue weighted by Crippen LogP contribution is 2.41. The van der Waals surface area contributed by atoms with Crippen LogP contribution in [0, 0.1) is 0 Å². The van der Waals surface area contributed by atoms with Crippen molar-refractivity contribution >= 4 is 17.4 Å². The second-order valence-corrected chi connectivity index (χ2v) is 10.2. The Morgan fingerprint density at radius 2 is 1.57 bits per heavy atom. The van der Waals surface area contributed by atoms with E-state index in [4.69, 9.17) is 9.47 Å². The maximum Gasteiger partial charge on any atom is 0.295 e. The number of likely N-dealkylation sites (tertiary alicyclic amines) is 1. The van der Waals surface area contributed by atoms with E-state index in [1.807, 2.05) is 104 Å². The first kappa shape index (κ1) is 25.4. The van der Waals surface area contributed by atoms with E-state index in [-0.39, 0.29) is 24.0 Å². The minimum Gasteiger partial charge on any atom is -0.507 e. The molecule has 0 unspecified atom stereocenters. The molecule has 4 aromatic rings. The Labute approximate surface area is 233 Å². The monoisotopic (exact) mass is 531 g/mol. The van der Waals surface area contributed by atoms with E-state index >= 15 is 0 Å². The van der Waals surface area contributed by atoms with Crippen molar-refractivity contribution in [2.75, 3.05) is 0 Å². The molecule has 1 N–H and O–H groups in total. The van der Waals surface area contributed by atoms with E-state index < -0.39 is 17.7 Å². The number of Topliss-reactive ketones (excluding diaryl/α,β-unsaturated/α-hetero) is 1. The van der Waals surface area contributed by atoms with Crippen molar-refractivity contribution in [1.82, 2.24) is 4.90 Å². The molecule has 6 heteroatoms. The molecule has 0 radical (unpaired) electrons. The molecule has 40 heavy (non-hydrogen) atoms. The first-order valence-corrected chi connectivity index (χ1v) is 13.4. The highest BCUT2D eigenvalue weighted by atomic mass is 16.5. The molecule has 1 saturated heterocycles. The second kappa shape index (κ2) is 10.7. The third kappa shape index (κ3) is 4.96. The zero-order chi connectivity index (χ0) is 27.6. The average Bonchev–Trinajstić information content (AvgIpc) is 3.48. The number of amides is 1. The molecule has 2 aliphatic rings. The lowest BCUT2D eigenvalue weighted by atomic mass is 9.94. The predicted octanol–water partition coefficient (Wildman–Crippen LogP) is 6.21. The third-order valence-electron chi connectivity index (χ3n) is 7.35. The van der Waals surface area contributed by atoms with Gasteiger partial charge in [-0.3, -0.25) is 9.59 Å². The Hall–Kier alpha value is -4.84. The summed E-state index contributed by atoms with van der Waals surface area (Å²) in [6.07, 6.45) is 0.763. The minimum atomic E-state index is -0.758. The number of carbonyl (C=O) groups is 2. The van der Waals surface area contributed by atoms with Crippen molar-refractivity contribution in [1.29, 1.82) is 0 Å². The Bertz CT molecular complexity index is 1580. The number of ketones is 1. The van der Waals surface area contributed by atoms with Crippen molar-refractivity contribution in [2.45, 2.75) is 38.6 Å². The molecule has 6 rings (SSSR count). The first-order valence-electron chi connectivity index (χ1n) is 13.4. The molecule has 2 atom stereocenters. The summed E-state index contributed by atoms with van der Waals surface area (Å²) < 4.78 is 11.7. The van der Waals surface area contributed by atoms with Crippen LogP contribution in [0.1, 0.15) is 40.8 Å². The lowest BCUT2D eigenvalue weighted by Gasteiger charge is -2.25. The van der Waals surface area contributed by atoms with Crippen molar-refractivity contribution < 1.29 is 24.2 Å². The molecule has 6 nitrogen and oxygen atoms in total. The molecule has 0 aromatic heterocycles. The second-order valence-electron chi connectivity index (χ2n) is 10.2. The van der Waals surface area contributed by atoms with Crippen LogP contribution in [0.25, 0.3) is 5.76 Å². The van der Waals surface area contributed by atoms with Crippen LogP contribution >= 0.6 is 0 Å². The summed E-state index contributed by atoms with van der Waals surface area (Å²) >= 11 is 0. The summed E-state index contributed by atoms with van der Waals surface area (Å²) in [6, 6.07) is 31.4. The summed E-state index contributed by atoms with van der Waals surface area (Å²) in [5, 5.41) is 11.5. The number of benzene rings is 4. The van der Waals surface area contributed by atoms with Gasteiger partial charge in [0.25, 0.3) is 11.7 Å². The summed E-state index contributed by atoms with van der Waals surface area (Å²) in [4.78, 5) is 28.4. The summed E-state index contributed by atoms with van der Waals surface area (Å²) in [6.45, 7) is 2.64. The van der Waals surface area contributed by atoms with Gasteiger partial charge in [-0.2, -0.15) is 0 Å². The maximum atomic E-state index is 13.5. The van der Waals surface area contributed by atoms with Crippen LogP contribution in [0.5, 0.6) is 11.5 Å². The number of nitrogens with zero attached hydrogens (tertiary/aromatic N) is 1. The quantitative estimate of drug-likeness (QED) is 0.174. The van der Waals surface area contributed by atoms with Crippen molar-refractivity contribution in [3.63, 3.8) is 0 Å². The smallest absolute Gasteiger partial charge is 0.295 e. The number of hydrogen-bond acceptors (Lipinski definition) is 5. The normalized spacial score (nSPS) is 19.4. The number of carbonyl (C=O) groups excluding carboxylic acids is 2. The van der Waals surface area contributed by atoms with Crippen molar-refractivity contribution in [3.8, 4) is 11.5 Å². The van der Waals surface area contributed by atoms with Gasteiger partial charge in [0, 0.05) is 18.5 Å². The van der Waals surface area contributed by atoms with Gasteiger partial charge in [0.1, 0.15) is 30.0 Å². The lowest BCUT2D eigenvalue weighted by Crippen LogP contribution is -2.29. The molecule has 2 aliphatic heterocycles. The van der Waals surface area contributed by atoms with Gasteiger partial charge in [-0.05, 0) is 59.5 Å².